The topological polar surface area (TPSA) is 65.2 Å². The number of H-pyrrole nitrogens is 1. The minimum Gasteiger partial charge on any atom is -0.354 e. The smallest absolute Gasteiger partial charge is 0.270 e. The Morgan fingerprint density at radius 1 is 1.40 bits per heavy atom. The zero-order chi connectivity index (χ0) is 14.9. The Hall–Kier alpha value is -1.62. The van der Waals surface area contributed by atoms with Crippen LogP contribution in [0.15, 0.2) is 0 Å². The van der Waals surface area contributed by atoms with Gasteiger partial charge in [-0.15, -0.1) is 0 Å². The maximum Gasteiger partial charge on any atom is 0.270 e. The fourth-order valence-electron chi connectivity index (χ4n) is 3.12. The van der Waals surface area contributed by atoms with Gasteiger partial charge in [0.15, 0.2) is 5.78 Å². The summed E-state index contributed by atoms with van der Waals surface area (Å²) in [5, 5.41) is 3.16. The van der Waals surface area contributed by atoms with E-state index in [0.29, 0.717) is 17.2 Å². The van der Waals surface area contributed by atoms with Gasteiger partial charge in [0.1, 0.15) is 5.69 Å². The molecule has 0 aromatic carbocycles. The number of aryl methyl sites for hydroxylation is 1. The molecule has 1 saturated heterocycles. The number of aromatic nitrogens is 1. The maximum absolute atomic E-state index is 12.6. The fraction of sp³-hybridized carbons (Fsp3) is 0.600. The number of aromatic amines is 1. The monoisotopic (exact) mass is 277 g/mol. The van der Waals surface area contributed by atoms with Gasteiger partial charge in [-0.25, -0.2) is 0 Å². The average molecular weight is 277 g/mol. The molecular weight excluding hydrogens is 254 g/mol. The minimum atomic E-state index is 0.00443. The van der Waals surface area contributed by atoms with Gasteiger partial charge >= 0.3 is 0 Å². The molecule has 2 N–H and O–H groups in total. The molecule has 1 aliphatic heterocycles. The van der Waals surface area contributed by atoms with Crippen molar-refractivity contribution in [3.05, 3.63) is 22.5 Å². The highest BCUT2D eigenvalue weighted by Crippen LogP contribution is 2.23. The standard InChI is InChI=1S/C15H23N3O2/c1-9-13(11(3)19)10(2)17-14(9)15(20)18-6-5-12(8-18)7-16-4/h12,16-17H,5-8H2,1-4H3. The second-order valence-corrected chi connectivity index (χ2v) is 5.64. The molecule has 0 bridgehead atoms. The summed E-state index contributed by atoms with van der Waals surface area (Å²) in [6.07, 6.45) is 1.03. The van der Waals surface area contributed by atoms with Crippen molar-refractivity contribution in [2.75, 3.05) is 26.7 Å². The summed E-state index contributed by atoms with van der Waals surface area (Å²) in [5.41, 5.74) is 2.78. The van der Waals surface area contributed by atoms with Gasteiger partial charge in [0.2, 0.25) is 0 Å². The van der Waals surface area contributed by atoms with Gasteiger partial charge in [-0.2, -0.15) is 0 Å². The van der Waals surface area contributed by atoms with Crippen LogP contribution >= 0.6 is 0 Å². The number of Topliss-reactive ketones (excluding diaryl/α,β-unsaturated/α-hetero) is 1. The van der Waals surface area contributed by atoms with Gasteiger partial charge in [-0.3, -0.25) is 9.59 Å². The highest BCUT2D eigenvalue weighted by molar-refractivity contribution is 6.02. The predicted molar refractivity (Wildman–Crippen MR) is 78.2 cm³/mol. The molecule has 1 aromatic heterocycles. The molecule has 1 atom stereocenters. The molecule has 0 saturated carbocycles. The minimum absolute atomic E-state index is 0.00443. The van der Waals surface area contributed by atoms with Crippen molar-refractivity contribution in [1.29, 1.82) is 0 Å². The van der Waals surface area contributed by atoms with E-state index in [9.17, 15) is 9.59 Å². The third kappa shape index (κ3) is 2.63. The van der Waals surface area contributed by atoms with Crippen molar-refractivity contribution in [1.82, 2.24) is 15.2 Å². The van der Waals surface area contributed by atoms with Crippen LogP contribution < -0.4 is 5.32 Å². The van der Waals surface area contributed by atoms with E-state index in [1.165, 1.54) is 6.92 Å². The normalized spacial score (nSPS) is 18.6. The van der Waals surface area contributed by atoms with E-state index in [1.807, 2.05) is 25.8 Å². The molecule has 110 valence electrons. The Balaban J connectivity index is 2.19. The van der Waals surface area contributed by atoms with Crippen LogP contribution in [0.3, 0.4) is 0 Å². The molecule has 0 aliphatic carbocycles. The lowest BCUT2D eigenvalue weighted by Gasteiger charge is -2.16. The van der Waals surface area contributed by atoms with Crippen LogP contribution in [0, 0.1) is 19.8 Å². The molecule has 5 heteroatoms. The molecule has 2 heterocycles. The summed E-state index contributed by atoms with van der Waals surface area (Å²) >= 11 is 0. The van der Waals surface area contributed by atoms with Gasteiger partial charge in [-0.05, 0) is 52.3 Å². The van der Waals surface area contributed by atoms with Crippen LogP contribution in [-0.4, -0.2) is 48.3 Å². The number of nitrogens with one attached hydrogen (secondary N) is 2. The number of likely N-dealkylation sites (tertiary alicyclic amines) is 1. The van der Waals surface area contributed by atoms with E-state index < -0.39 is 0 Å². The van der Waals surface area contributed by atoms with Crippen molar-refractivity contribution >= 4 is 11.7 Å². The van der Waals surface area contributed by atoms with Crippen LogP contribution in [0.1, 0.15) is 45.4 Å². The molecule has 0 spiro atoms. The van der Waals surface area contributed by atoms with Gasteiger partial charge in [0, 0.05) is 24.3 Å². The van der Waals surface area contributed by atoms with Crippen LogP contribution in [0.5, 0.6) is 0 Å². The van der Waals surface area contributed by atoms with E-state index in [-0.39, 0.29) is 11.7 Å². The van der Waals surface area contributed by atoms with E-state index in [0.717, 1.165) is 37.3 Å². The Kier molecular flexibility index (Phi) is 4.28. The number of rotatable bonds is 4. The van der Waals surface area contributed by atoms with E-state index >= 15 is 0 Å². The second kappa shape index (κ2) is 5.79. The van der Waals surface area contributed by atoms with E-state index in [1.54, 1.807) is 0 Å². The van der Waals surface area contributed by atoms with Gasteiger partial charge in [-0.1, -0.05) is 0 Å². The Bertz CT molecular complexity index is 533. The highest BCUT2D eigenvalue weighted by Gasteiger charge is 2.29. The lowest BCUT2D eigenvalue weighted by atomic mass is 10.1. The van der Waals surface area contributed by atoms with E-state index in [4.69, 9.17) is 0 Å². The first-order valence-electron chi connectivity index (χ1n) is 7.09. The lowest BCUT2D eigenvalue weighted by Crippen LogP contribution is -2.31. The van der Waals surface area contributed by atoms with Crippen LogP contribution in [0.4, 0.5) is 0 Å². The van der Waals surface area contributed by atoms with Crippen LogP contribution in [0.25, 0.3) is 0 Å². The zero-order valence-corrected chi connectivity index (χ0v) is 12.7. The molecule has 1 amide bonds. The maximum atomic E-state index is 12.6. The average Bonchev–Trinajstić information content (AvgIpc) is 2.94. The summed E-state index contributed by atoms with van der Waals surface area (Å²) in [5.74, 6) is 0.536. The van der Waals surface area contributed by atoms with Crippen molar-refractivity contribution in [3.63, 3.8) is 0 Å². The van der Waals surface area contributed by atoms with Crippen molar-refractivity contribution in [3.8, 4) is 0 Å². The van der Waals surface area contributed by atoms with Crippen LogP contribution in [-0.2, 0) is 0 Å². The second-order valence-electron chi connectivity index (χ2n) is 5.64. The number of nitrogens with zero attached hydrogens (tertiary/aromatic N) is 1. The SMILES string of the molecule is CNCC1CCN(C(=O)c2[nH]c(C)c(C(C)=O)c2C)C1. The number of carbonyl (C=O) groups excluding carboxylic acids is 2. The molecule has 0 radical (unpaired) electrons. The largest absolute Gasteiger partial charge is 0.354 e. The zero-order valence-electron chi connectivity index (χ0n) is 12.7. The predicted octanol–water partition coefficient (Wildman–Crippen LogP) is 1.52. The third-order valence-electron chi connectivity index (χ3n) is 4.07. The number of amides is 1. The van der Waals surface area contributed by atoms with Crippen molar-refractivity contribution in [2.24, 2.45) is 5.92 Å². The molecular formula is C15H23N3O2. The number of hydrogen-bond acceptors (Lipinski definition) is 3. The number of ketones is 1. The first-order chi connectivity index (χ1) is 9.45. The van der Waals surface area contributed by atoms with Gasteiger partial charge in [0.05, 0.1) is 0 Å². The van der Waals surface area contributed by atoms with Crippen molar-refractivity contribution in [2.45, 2.75) is 27.2 Å². The summed E-state index contributed by atoms with van der Waals surface area (Å²) in [6, 6.07) is 0. The molecule has 1 fully saturated rings. The molecule has 1 unspecified atom stereocenters. The lowest BCUT2D eigenvalue weighted by molar-refractivity contribution is 0.0781. The third-order valence-corrected chi connectivity index (χ3v) is 4.07. The number of hydrogen-bond donors (Lipinski definition) is 2. The summed E-state index contributed by atoms with van der Waals surface area (Å²) in [6.45, 7) is 7.73. The van der Waals surface area contributed by atoms with E-state index in [2.05, 4.69) is 10.3 Å². The van der Waals surface area contributed by atoms with Gasteiger partial charge in [0.25, 0.3) is 5.91 Å². The Labute approximate surface area is 119 Å². The molecule has 1 aromatic rings. The van der Waals surface area contributed by atoms with Gasteiger partial charge < -0.3 is 15.2 Å². The first-order valence-corrected chi connectivity index (χ1v) is 7.09. The highest BCUT2D eigenvalue weighted by atomic mass is 16.2. The Morgan fingerprint density at radius 3 is 2.65 bits per heavy atom. The number of carbonyl (C=O) groups is 2. The quantitative estimate of drug-likeness (QED) is 0.820. The van der Waals surface area contributed by atoms with Crippen molar-refractivity contribution < 1.29 is 9.59 Å². The first kappa shape index (κ1) is 14.8. The fourth-order valence-corrected chi connectivity index (χ4v) is 3.12. The summed E-state index contributed by atoms with van der Waals surface area (Å²) < 4.78 is 0. The molecule has 20 heavy (non-hydrogen) atoms. The summed E-state index contributed by atoms with van der Waals surface area (Å²) in [7, 11) is 1.93. The molecule has 2 rings (SSSR count). The van der Waals surface area contributed by atoms with Crippen LogP contribution in [0.2, 0.25) is 0 Å². The molecule has 1 aliphatic rings. The summed E-state index contributed by atoms with van der Waals surface area (Å²) in [4.78, 5) is 29.2. The molecule has 5 nitrogen and oxygen atoms in total. The Morgan fingerprint density at radius 2 is 2.10 bits per heavy atom.